The Hall–Kier alpha value is -1.30. The molecule has 2 saturated carbocycles. The quantitative estimate of drug-likeness (QED) is 0.846. The van der Waals surface area contributed by atoms with E-state index in [1.54, 1.807) is 7.05 Å². The highest BCUT2D eigenvalue weighted by Gasteiger charge is 2.37. The summed E-state index contributed by atoms with van der Waals surface area (Å²) in [5.74, 6) is 1.03. The van der Waals surface area contributed by atoms with Crippen molar-refractivity contribution in [3.63, 3.8) is 0 Å². The van der Waals surface area contributed by atoms with E-state index in [-0.39, 0.29) is 5.91 Å². The third kappa shape index (κ3) is 2.16. The first-order valence-electron chi connectivity index (χ1n) is 6.44. The number of amides is 1. The molecule has 0 spiro atoms. The van der Waals surface area contributed by atoms with Crippen molar-refractivity contribution in [2.45, 2.75) is 31.7 Å². The average Bonchev–Trinajstić information content (AvgIpc) is 3.24. The van der Waals surface area contributed by atoms with Gasteiger partial charge in [0.05, 0.1) is 0 Å². The number of carbonyl (C=O) groups excluding carboxylic acids is 1. The number of rotatable bonds is 5. The second-order valence-corrected chi connectivity index (χ2v) is 5.91. The summed E-state index contributed by atoms with van der Waals surface area (Å²) in [7, 11) is 1.63. The fourth-order valence-electron chi connectivity index (χ4n) is 2.19. The van der Waals surface area contributed by atoms with Gasteiger partial charge in [0.2, 0.25) is 0 Å². The van der Waals surface area contributed by atoms with Gasteiger partial charge in [-0.15, -0.1) is 0 Å². The zero-order valence-corrected chi connectivity index (χ0v) is 11.3. The lowest BCUT2D eigenvalue weighted by molar-refractivity contribution is 0.0964. The first kappa shape index (κ1) is 11.8. The molecule has 1 amide bonds. The van der Waals surface area contributed by atoms with Crippen molar-refractivity contribution in [3.8, 4) is 0 Å². The Labute approximate surface area is 111 Å². The van der Waals surface area contributed by atoms with Crippen LogP contribution in [0.5, 0.6) is 0 Å². The summed E-state index contributed by atoms with van der Waals surface area (Å²) in [4.78, 5) is 14.3. The topological polar surface area (TPSA) is 71.2 Å². The molecule has 1 aromatic heterocycles. The molecule has 1 heterocycles. The maximum atomic E-state index is 11.9. The van der Waals surface area contributed by atoms with Crippen LogP contribution in [-0.2, 0) is 0 Å². The second kappa shape index (κ2) is 4.42. The van der Waals surface area contributed by atoms with E-state index in [0.717, 1.165) is 17.5 Å². The lowest BCUT2D eigenvalue weighted by Gasteiger charge is -2.23. The molecule has 1 aromatic rings. The number of aromatic nitrogens is 1. The fourth-order valence-corrected chi connectivity index (χ4v) is 3.08. The Bertz CT molecular complexity index is 465. The molecule has 3 rings (SSSR count). The molecule has 2 aliphatic rings. The van der Waals surface area contributed by atoms with Gasteiger partial charge in [0.1, 0.15) is 10.6 Å². The Morgan fingerprint density at radius 1 is 1.50 bits per heavy atom. The van der Waals surface area contributed by atoms with E-state index in [0.29, 0.717) is 17.4 Å². The number of nitrogen functional groups attached to an aromatic ring is 1. The van der Waals surface area contributed by atoms with Crippen molar-refractivity contribution < 1.29 is 4.79 Å². The van der Waals surface area contributed by atoms with E-state index in [1.165, 1.54) is 37.2 Å². The van der Waals surface area contributed by atoms with Crippen molar-refractivity contribution >= 4 is 28.3 Å². The molecule has 18 heavy (non-hydrogen) atoms. The average molecular weight is 266 g/mol. The van der Waals surface area contributed by atoms with E-state index in [1.807, 2.05) is 0 Å². The van der Waals surface area contributed by atoms with Crippen molar-refractivity contribution in [2.24, 2.45) is 5.92 Å². The lowest BCUT2D eigenvalue weighted by atomic mass is 10.2. The van der Waals surface area contributed by atoms with Crippen LogP contribution in [-0.4, -0.2) is 29.9 Å². The normalized spacial score (nSPS) is 18.7. The SMILES string of the molecule is CNC(=O)c1c(N)nsc1N(CC1CC1)C1CC1. The van der Waals surface area contributed by atoms with Gasteiger partial charge in [0, 0.05) is 19.6 Å². The molecule has 0 saturated heterocycles. The molecule has 0 bridgehead atoms. The first-order chi connectivity index (χ1) is 8.70. The van der Waals surface area contributed by atoms with Crippen LogP contribution in [0.25, 0.3) is 0 Å². The predicted molar refractivity (Wildman–Crippen MR) is 73.0 cm³/mol. The molecule has 0 unspecified atom stereocenters. The van der Waals surface area contributed by atoms with E-state index in [4.69, 9.17) is 5.73 Å². The second-order valence-electron chi connectivity index (χ2n) is 5.15. The van der Waals surface area contributed by atoms with Crippen LogP contribution in [0.1, 0.15) is 36.0 Å². The highest BCUT2D eigenvalue weighted by atomic mass is 32.1. The number of carbonyl (C=O) groups is 1. The van der Waals surface area contributed by atoms with Gasteiger partial charge >= 0.3 is 0 Å². The lowest BCUT2D eigenvalue weighted by Crippen LogP contribution is -2.30. The minimum atomic E-state index is -0.127. The van der Waals surface area contributed by atoms with Crippen LogP contribution < -0.4 is 16.0 Å². The van der Waals surface area contributed by atoms with Crippen LogP contribution in [0, 0.1) is 5.92 Å². The number of anilines is 2. The predicted octanol–water partition coefficient (Wildman–Crippen LogP) is 1.46. The van der Waals surface area contributed by atoms with Crippen molar-refractivity contribution in [1.29, 1.82) is 0 Å². The van der Waals surface area contributed by atoms with E-state index < -0.39 is 0 Å². The number of hydrogen-bond donors (Lipinski definition) is 2. The molecule has 98 valence electrons. The molecule has 6 heteroatoms. The number of hydrogen-bond acceptors (Lipinski definition) is 5. The molecule has 5 nitrogen and oxygen atoms in total. The van der Waals surface area contributed by atoms with Gasteiger partial charge < -0.3 is 16.0 Å². The summed E-state index contributed by atoms with van der Waals surface area (Å²) in [5.41, 5.74) is 6.40. The Balaban J connectivity index is 1.90. The molecule has 0 atom stereocenters. The summed E-state index contributed by atoms with van der Waals surface area (Å²) < 4.78 is 4.16. The molecule has 0 radical (unpaired) electrons. The molecule has 3 N–H and O–H groups in total. The smallest absolute Gasteiger partial charge is 0.257 e. The zero-order valence-electron chi connectivity index (χ0n) is 10.5. The van der Waals surface area contributed by atoms with Gasteiger partial charge in [0.25, 0.3) is 5.91 Å². The van der Waals surface area contributed by atoms with Crippen LogP contribution in [0.4, 0.5) is 10.8 Å². The maximum Gasteiger partial charge on any atom is 0.257 e. The number of nitrogens with one attached hydrogen (secondary N) is 1. The van der Waals surface area contributed by atoms with Crippen LogP contribution in [0.15, 0.2) is 0 Å². The highest BCUT2D eigenvalue weighted by molar-refractivity contribution is 7.11. The maximum absolute atomic E-state index is 11.9. The number of nitrogens with two attached hydrogens (primary N) is 1. The Morgan fingerprint density at radius 2 is 2.22 bits per heavy atom. The standard InChI is InChI=1S/C12H18N4OS/c1-14-11(17)9-10(13)15-18-12(9)16(8-4-5-8)6-7-2-3-7/h7-8H,2-6H2,1H3,(H2,13,15)(H,14,17). The van der Waals surface area contributed by atoms with E-state index in [9.17, 15) is 4.79 Å². The molecule has 2 fully saturated rings. The van der Waals surface area contributed by atoms with Gasteiger partial charge in [-0.05, 0) is 43.1 Å². The third-order valence-corrected chi connectivity index (χ3v) is 4.45. The molecule has 0 aliphatic heterocycles. The Morgan fingerprint density at radius 3 is 2.78 bits per heavy atom. The highest BCUT2D eigenvalue weighted by Crippen LogP contribution is 2.41. The van der Waals surface area contributed by atoms with Gasteiger partial charge in [-0.1, -0.05) is 0 Å². The van der Waals surface area contributed by atoms with Gasteiger partial charge in [-0.25, -0.2) is 0 Å². The summed E-state index contributed by atoms with van der Waals surface area (Å²) in [6, 6.07) is 0.592. The summed E-state index contributed by atoms with van der Waals surface area (Å²) in [5, 5.41) is 3.61. The molecular weight excluding hydrogens is 248 g/mol. The van der Waals surface area contributed by atoms with Gasteiger partial charge in [-0.3, -0.25) is 4.79 Å². The molecule has 0 aromatic carbocycles. The summed E-state index contributed by atoms with van der Waals surface area (Å²) in [6.07, 6.45) is 5.06. The largest absolute Gasteiger partial charge is 0.382 e. The van der Waals surface area contributed by atoms with Crippen LogP contribution in [0.3, 0.4) is 0 Å². The van der Waals surface area contributed by atoms with Gasteiger partial charge in [0.15, 0.2) is 5.82 Å². The zero-order chi connectivity index (χ0) is 12.7. The van der Waals surface area contributed by atoms with Crippen molar-refractivity contribution in [1.82, 2.24) is 9.69 Å². The summed E-state index contributed by atoms with van der Waals surface area (Å²) in [6.45, 7) is 1.05. The number of nitrogens with zero attached hydrogens (tertiary/aromatic N) is 2. The monoisotopic (exact) mass is 266 g/mol. The van der Waals surface area contributed by atoms with Gasteiger partial charge in [-0.2, -0.15) is 4.37 Å². The van der Waals surface area contributed by atoms with Crippen molar-refractivity contribution in [3.05, 3.63) is 5.56 Å². The Kier molecular flexibility index (Phi) is 2.89. The fraction of sp³-hybridized carbons (Fsp3) is 0.667. The van der Waals surface area contributed by atoms with E-state index >= 15 is 0 Å². The summed E-state index contributed by atoms with van der Waals surface area (Å²) >= 11 is 1.36. The van der Waals surface area contributed by atoms with Crippen LogP contribution >= 0.6 is 11.5 Å². The minimum absolute atomic E-state index is 0.127. The third-order valence-electron chi connectivity index (χ3n) is 3.55. The van der Waals surface area contributed by atoms with Crippen LogP contribution in [0.2, 0.25) is 0 Å². The molecular formula is C12H18N4OS. The van der Waals surface area contributed by atoms with Crippen molar-refractivity contribution in [2.75, 3.05) is 24.2 Å². The molecule has 2 aliphatic carbocycles. The van der Waals surface area contributed by atoms with E-state index in [2.05, 4.69) is 14.6 Å². The minimum Gasteiger partial charge on any atom is -0.382 e. The first-order valence-corrected chi connectivity index (χ1v) is 7.22.